The Morgan fingerprint density at radius 1 is 0.981 bits per heavy atom. The first-order chi connectivity index (χ1) is 25.7. The van der Waals surface area contributed by atoms with Gasteiger partial charge >= 0.3 is 5.97 Å². The van der Waals surface area contributed by atoms with Gasteiger partial charge in [0.1, 0.15) is 12.1 Å². The first-order valence-corrected chi connectivity index (χ1v) is 20.2. The second-order valence-electron chi connectivity index (χ2n) is 15.9. The molecule has 1 saturated carbocycles. The second kappa shape index (κ2) is 14.7. The molecule has 3 atom stereocenters. The summed E-state index contributed by atoms with van der Waals surface area (Å²) in [5, 5.41) is 13.4. The molecule has 2 aromatic carbocycles. The predicted octanol–water partition coefficient (Wildman–Crippen LogP) is 7.52. The van der Waals surface area contributed by atoms with Crippen LogP contribution in [0.4, 0.5) is 5.95 Å². The fraction of sp³-hybridized carbons (Fsp3) is 0.439. The van der Waals surface area contributed by atoms with Crippen LogP contribution in [-0.2, 0) is 22.5 Å². The number of anilines is 1. The van der Waals surface area contributed by atoms with Crippen LogP contribution in [0.2, 0.25) is 0 Å². The third-order valence-corrected chi connectivity index (χ3v) is 12.4. The largest absolute Gasteiger partial charge is 0.478 e. The van der Waals surface area contributed by atoms with Gasteiger partial charge in [-0.1, -0.05) is 70.7 Å². The van der Waals surface area contributed by atoms with Gasteiger partial charge in [0.15, 0.2) is 5.65 Å². The third kappa shape index (κ3) is 7.70. The summed E-state index contributed by atoms with van der Waals surface area (Å²) < 4.78 is 38.3. The first kappa shape index (κ1) is 37.4. The van der Waals surface area contributed by atoms with E-state index in [2.05, 4.69) is 58.5 Å². The Balaban J connectivity index is 1.20. The Kier molecular flexibility index (Phi) is 10.2. The number of fused-ring (bicyclic) bond motifs is 1. The maximum atomic E-state index is 13.5. The molecule has 1 aliphatic heterocycles. The van der Waals surface area contributed by atoms with Crippen LogP contribution < -0.4 is 14.8 Å². The number of aromatic carboxylic acids is 1. The number of hydrogen-bond donors (Lipinski definition) is 3. The maximum absolute atomic E-state index is 13.5. The molecule has 4 heterocycles. The lowest BCUT2D eigenvalue weighted by Crippen LogP contribution is -2.45. The number of carboxylic acid groups (broad SMARTS) is 1. The molecule has 1 aliphatic carbocycles. The monoisotopic (exact) mass is 751 g/mol. The van der Waals surface area contributed by atoms with Crippen LogP contribution in [0.15, 0.2) is 65.7 Å². The summed E-state index contributed by atoms with van der Waals surface area (Å²) in [6.45, 7) is 10.8. The molecule has 284 valence electrons. The van der Waals surface area contributed by atoms with Crippen LogP contribution in [0.3, 0.4) is 0 Å². The van der Waals surface area contributed by atoms with Crippen molar-refractivity contribution in [2.75, 3.05) is 11.3 Å². The van der Waals surface area contributed by atoms with Gasteiger partial charge in [-0.2, -0.15) is 4.98 Å². The number of carbonyl (C=O) groups is 1. The Labute approximate surface area is 316 Å². The van der Waals surface area contributed by atoms with Crippen molar-refractivity contribution in [2.45, 2.75) is 95.5 Å². The van der Waals surface area contributed by atoms with E-state index in [1.807, 2.05) is 38.2 Å². The van der Waals surface area contributed by atoms with E-state index in [9.17, 15) is 18.3 Å². The lowest BCUT2D eigenvalue weighted by Gasteiger charge is -2.38. The molecular weight excluding hydrogens is 703 g/mol. The van der Waals surface area contributed by atoms with Crippen LogP contribution in [0.5, 0.6) is 5.88 Å². The van der Waals surface area contributed by atoms with Crippen molar-refractivity contribution < 1.29 is 23.1 Å². The topological polar surface area (TPSA) is 161 Å². The summed E-state index contributed by atoms with van der Waals surface area (Å²) in [7, 11) is -2.19. The van der Waals surface area contributed by atoms with E-state index >= 15 is 0 Å². The Morgan fingerprint density at radius 2 is 1.70 bits per heavy atom. The number of hydrogen-bond acceptors (Lipinski definition) is 9. The molecule has 0 radical (unpaired) electrons. The Morgan fingerprint density at radius 3 is 2.39 bits per heavy atom. The molecule has 3 aromatic heterocycles. The quantitative estimate of drug-likeness (QED) is 0.130. The van der Waals surface area contributed by atoms with E-state index in [0.29, 0.717) is 24.1 Å². The van der Waals surface area contributed by atoms with E-state index in [-0.39, 0.29) is 39.8 Å². The Hall–Kier alpha value is -4.88. The smallest absolute Gasteiger partial charge is 0.335 e. The van der Waals surface area contributed by atoms with E-state index in [1.165, 1.54) is 43.2 Å². The summed E-state index contributed by atoms with van der Waals surface area (Å²) in [6, 6.07) is 14.9. The summed E-state index contributed by atoms with van der Waals surface area (Å²) >= 11 is 0. The number of aryl methyl sites for hydroxylation is 3. The van der Waals surface area contributed by atoms with E-state index in [0.717, 1.165) is 58.9 Å². The SMILES string of the molecule is Cc1cccc(C)c1-c1cc(OC[C@@H]2N[C@H](c3cnc4cc(C(C)(C)C)n(C)c4n3)CCC[C@H]2C2CCC2)nc(NS(=O)(=O)c2cccc(C(=O)O)c2)n1. The van der Waals surface area contributed by atoms with Crippen LogP contribution in [0.25, 0.3) is 22.4 Å². The highest BCUT2D eigenvalue weighted by molar-refractivity contribution is 7.92. The van der Waals surface area contributed by atoms with Crippen molar-refractivity contribution >= 4 is 33.1 Å². The second-order valence-corrected chi connectivity index (χ2v) is 17.6. The molecule has 54 heavy (non-hydrogen) atoms. The zero-order chi connectivity index (χ0) is 38.4. The lowest BCUT2D eigenvalue weighted by molar-refractivity contribution is 0.0696. The van der Waals surface area contributed by atoms with Crippen molar-refractivity contribution in [3.05, 3.63) is 88.9 Å². The fourth-order valence-electron chi connectivity index (χ4n) is 8.08. The molecule has 3 N–H and O–H groups in total. The van der Waals surface area contributed by atoms with Gasteiger partial charge in [-0.15, -0.1) is 0 Å². The van der Waals surface area contributed by atoms with Gasteiger partial charge in [0, 0.05) is 35.8 Å². The van der Waals surface area contributed by atoms with E-state index in [4.69, 9.17) is 14.7 Å². The predicted molar refractivity (Wildman–Crippen MR) is 208 cm³/mol. The summed E-state index contributed by atoms with van der Waals surface area (Å²) in [6.07, 6.45) is 8.56. The summed E-state index contributed by atoms with van der Waals surface area (Å²) in [4.78, 5) is 30.6. The minimum Gasteiger partial charge on any atom is -0.478 e. The highest BCUT2D eigenvalue weighted by Crippen LogP contribution is 2.41. The molecule has 0 bridgehead atoms. The normalized spacial score (nSPS) is 19.6. The van der Waals surface area contributed by atoms with Gasteiger partial charge in [-0.3, -0.25) is 4.98 Å². The summed E-state index contributed by atoms with van der Waals surface area (Å²) in [5.41, 5.74) is 6.95. The molecule has 2 fully saturated rings. The number of nitrogens with one attached hydrogen (secondary N) is 2. The van der Waals surface area contributed by atoms with Gasteiger partial charge in [0.2, 0.25) is 11.8 Å². The summed E-state index contributed by atoms with van der Waals surface area (Å²) in [5.74, 6) is -0.182. The van der Waals surface area contributed by atoms with Gasteiger partial charge < -0.3 is 19.7 Å². The molecule has 0 amide bonds. The Bertz CT molecular complexity index is 2290. The zero-order valence-corrected chi connectivity index (χ0v) is 32.6. The molecule has 5 aromatic rings. The minimum atomic E-state index is -4.25. The minimum absolute atomic E-state index is 0.0173. The van der Waals surface area contributed by atoms with Crippen LogP contribution >= 0.6 is 0 Å². The van der Waals surface area contributed by atoms with Gasteiger partial charge in [-0.25, -0.2) is 27.9 Å². The molecule has 0 unspecified atom stereocenters. The van der Waals surface area contributed by atoms with E-state index < -0.39 is 16.0 Å². The lowest BCUT2D eigenvalue weighted by atomic mass is 9.71. The molecule has 7 rings (SSSR count). The highest BCUT2D eigenvalue weighted by atomic mass is 32.2. The van der Waals surface area contributed by atoms with Gasteiger partial charge in [-0.05, 0) is 73.9 Å². The van der Waals surface area contributed by atoms with Gasteiger partial charge in [0.25, 0.3) is 10.0 Å². The third-order valence-electron chi connectivity index (χ3n) is 11.1. The average Bonchev–Trinajstić information content (AvgIpc) is 3.30. The maximum Gasteiger partial charge on any atom is 0.335 e. The number of ether oxygens (including phenoxy) is 1. The molecule has 1 saturated heterocycles. The number of sulfonamides is 1. The number of carboxylic acids is 1. The van der Waals surface area contributed by atoms with Crippen LogP contribution in [0.1, 0.15) is 98.2 Å². The van der Waals surface area contributed by atoms with E-state index in [1.54, 1.807) is 6.07 Å². The molecule has 12 nitrogen and oxygen atoms in total. The molecule has 2 aliphatic rings. The van der Waals surface area contributed by atoms with Crippen LogP contribution in [-0.4, -0.2) is 56.6 Å². The molecule has 13 heteroatoms. The van der Waals surface area contributed by atoms with Gasteiger partial charge in [0.05, 0.1) is 34.1 Å². The zero-order valence-electron chi connectivity index (χ0n) is 31.8. The van der Waals surface area contributed by atoms with Crippen LogP contribution in [0, 0.1) is 25.7 Å². The first-order valence-electron chi connectivity index (χ1n) is 18.7. The number of benzene rings is 2. The number of aromatic nitrogens is 5. The van der Waals surface area contributed by atoms with Crippen molar-refractivity contribution in [1.82, 2.24) is 29.8 Å². The van der Waals surface area contributed by atoms with Crippen molar-refractivity contribution in [3.63, 3.8) is 0 Å². The average molecular weight is 752 g/mol. The number of rotatable bonds is 10. The van der Waals surface area contributed by atoms with Crippen molar-refractivity contribution in [2.24, 2.45) is 18.9 Å². The standard InChI is InChI=1S/C41H49N7O5S/c1-24-11-7-12-25(2)37(24)31-21-36(46-40(45-31)47-54(51,52)28-16-9-15-27(19-28)39(49)50)53-23-34-29(26-13-8-14-26)17-10-18-30(43-34)33-22-42-32-20-35(41(3,4)5)48(6)38(32)44-33/h7,9,11-12,15-16,19-22,26,29-30,34,43H,8,10,13-14,17-18,23H2,1-6H3,(H,49,50)(H,45,46,47)/t29-,30-,34-/m0/s1. The molecule has 0 spiro atoms. The number of nitrogens with zero attached hydrogens (tertiary/aromatic N) is 5. The van der Waals surface area contributed by atoms with Crippen molar-refractivity contribution in [1.29, 1.82) is 0 Å². The molecular formula is C41H49N7O5S. The fourth-order valence-corrected chi connectivity index (χ4v) is 9.07. The highest BCUT2D eigenvalue weighted by Gasteiger charge is 2.37. The van der Waals surface area contributed by atoms with Crippen molar-refractivity contribution in [3.8, 4) is 17.1 Å².